The van der Waals surface area contributed by atoms with Crippen LogP contribution in [-0.2, 0) is 0 Å². The minimum Gasteiger partial charge on any atom is -0.364 e. The van der Waals surface area contributed by atoms with E-state index in [1.165, 1.54) is 6.21 Å². The average Bonchev–Trinajstić information content (AvgIpc) is 2.29. The lowest BCUT2D eigenvalue weighted by Gasteiger charge is -1.99. The first-order chi connectivity index (χ1) is 7.24. The Kier molecular flexibility index (Phi) is 4.43. The molecule has 0 fully saturated rings. The Hall–Kier alpha value is -1.75. The van der Waals surface area contributed by atoms with Crippen molar-refractivity contribution in [1.29, 1.82) is 0 Å². The molecule has 0 radical (unpaired) electrons. The first kappa shape index (κ1) is 11.3. The number of carbonyl (C=O) groups excluding carboxylic acids is 1. The van der Waals surface area contributed by atoms with Crippen LogP contribution >= 0.6 is 12.2 Å². The Bertz CT molecular complexity index is 376. The van der Waals surface area contributed by atoms with Crippen molar-refractivity contribution in [3.63, 3.8) is 0 Å². The zero-order valence-electron chi connectivity index (χ0n) is 8.23. The molecule has 0 saturated heterocycles. The highest BCUT2D eigenvalue weighted by Crippen LogP contribution is 1.97. The van der Waals surface area contributed by atoms with Crippen molar-refractivity contribution >= 4 is 29.3 Å². The minimum atomic E-state index is -0.165. The number of nitrogens with zero attached hydrogens (tertiary/aromatic N) is 1. The van der Waals surface area contributed by atoms with Gasteiger partial charge in [-0.15, -0.1) is 0 Å². The Morgan fingerprint density at radius 1 is 1.40 bits per heavy atom. The molecule has 0 heterocycles. The number of ketones is 1. The van der Waals surface area contributed by atoms with Crippen molar-refractivity contribution in [3.8, 4) is 0 Å². The Morgan fingerprint density at radius 3 is 2.67 bits per heavy atom. The summed E-state index contributed by atoms with van der Waals surface area (Å²) < 4.78 is 0. The van der Waals surface area contributed by atoms with E-state index in [0.717, 1.165) is 0 Å². The number of hydrazone groups is 1. The standard InChI is InChI=1S/C10H11N3OS/c1-11-10(15)13-12-7-9(14)8-5-3-2-4-6-8/h2-7H,1H3,(H2,11,13,15)/b12-7+. The van der Waals surface area contributed by atoms with Crippen molar-refractivity contribution < 1.29 is 4.79 Å². The zero-order valence-corrected chi connectivity index (χ0v) is 9.04. The predicted molar refractivity (Wildman–Crippen MR) is 64.1 cm³/mol. The Balaban J connectivity index is 2.53. The van der Waals surface area contributed by atoms with Gasteiger partial charge in [-0.3, -0.25) is 10.2 Å². The topological polar surface area (TPSA) is 53.5 Å². The summed E-state index contributed by atoms with van der Waals surface area (Å²) in [6.45, 7) is 0. The van der Waals surface area contributed by atoms with Gasteiger partial charge in [-0.2, -0.15) is 5.10 Å². The third kappa shape index (κ3) is 3.86. The molecule has 15 heavy (non-hydrogen) atoms. The first-order valence-corrected chi connectivity index (χ1v) is 4.75. The van der Waals surface area contributed by atoms with Crippen LogP contribution in [0, 0.1) is 0 Å². The molecule has 1 rings (SSSR count). The van der Waals surface area contributed by atoms with Crippen LogP contribution in [0.1, 0.15) is 10.4 Å². The summed E-state index contributed by atoms with van der Waals surface area (Å²) in [5.41, 5.74) is 3.10. The largest absolute Gasteiger partial charge is 0.364 e. The van der Waals surface area contributed by atoms with E-state index < -0.39 is 0 Å². The molecule has 0 atom stereocenters. The number of benzene rings is 1. The van der Waals surface area contributed by atoms with E-state index in [2.05, 4.69) is 15.8 Å². The summed E-state index contributed by atoms with van der Waals surface area (Å²) in [6.07, 6.45) is 1.19. The van der Waals surface area contributed by atoms with Crippen molar-refractivity contribution in [2.75, 3.05) is 7.05 Å². The number of thiocarbonyl (C=S) groups is 1. The molecular weight excluding hydrogens is 210 g/mol. The van der Waals surface area contributed by atoms with E-state index in [4.69, 9.17) is 12.2 Å². The maximum Gasteiger partial charge on any atom is 0.205 e. The van der Waals surface area contributed by atoms with Gasteiger partial charge < -0.3 is 5.32 Å². The van der Waals surface area contributed by atoms with Gasteiger partial charge in [0, 0.05) is 12.6 Å². The fraction of sp³-hybridized carbons (Fsp3) is 0.100. The van der Waals surface area contributed by atoms with Gasteiger partial charge in [-0.25, -0.2) is 0 Å². The van der Waals surface area contributed by atoms with E-state index in [1.54, 1.807) is 31.3 Å². The van der Waals surface area contributed by atoms with Crippen LogP contribution in [-0.4, -0.2) is 24.2 Å². The summed E-state index contributed by atoms with van der Waals surface area (Å²) in [6, 6.07) is 8.90. The molecule has 5 heteroatoms. The summed E-state index contributed by atoms with van der Waals surface area (Å²) in [4.78, 5) is 11.5. The van der Waals surface area contributed by atoms with Crippen molar-refractivity contribution in [1.82, 2.24) is 10.7 Å². The van der Waals surface area contributed by atoms with Gasteiger partial charge in [-0.05, 0) is 12.2 Å². The van der Waals surface area contributed by atoms with Gasteiger partial charge in [0.15, 0.2) is 5.11 Å². The Labute approximate surface area is 93.4 Å². The molecule has 0 amide bonds. The third-order valence-electron chi connectivity index (χ3n) is 1.63. The smallest absolute Gasteiger partial charge is 0.205 e. The lowest BCUT2D eigenvalue weighted by Crippen LogP contribution is -2.28. The number of hydrogen-bond donors (Lipinski definition) is 2. The fourth-order valence-corrected chi connectivity index (χ4v) is 0.935. The molecule has 0 spiro atoms. The second-order valence-electron chi connectivity index (χ2n) is 2.68. The number of hydrogen-bond acceptors (Lipinski definition) is 3. The molecule has 1 aromatic rings. The molecule has 0 unspecified atom stereocenters. The van der Waals surface area contributed by atoms with Gasteiger partial charge in [0.2, 0.25) is 5.78 Å². The van der Waals surface area contributed by atoms with Crippen LogP contribution in [0.3, 0.4) is 0 Å². The van der Waals surface area contributed by atoms with E-state index in [9.17, 15) is 4.79 Å². The van der Waals surface area contributed by atoms with Crippen molar-refractivity contribution in [2.45, 2.75) is 0 Å². The SMILES string of the molecule is CNC(=S)N/N=C/C(=O)c1ccccc1. The zero-order chi connectivity index (χ0) is 11.1. The minimum absolute atomic E-state index is 0.165. The molecule has 0 aliphatic rings. The van der Waals surface area contributed by atoms with E-state index in [1.807, 2.05) is 6.07 Å². The highest BCUT2D eigenvalue weighted by molar-refractivity contribution is 7.80. The van der Waals surface area contributed by atoms with E-state index in [-0.39, 0.29) is 5.78 Å². The number of rotatable bonds is 3. The quantitative estimate of drug-likeness (QED) is 0.345. The molecule has 1 aromatic carbocycles. The van der Waals surface area contributed by atoms with Crippen LogP contribution in [0.15, 0.2) is 35.4 Å². The van der Waals surface area contributed by atoms with Gasteiger partial charge in [0.05, 0.1) is 6.21 Å². The summed E-state index contributed by atoms with van der Waals surface area (Å²) in [5, 5.41) is 6.73. The van der Waals surface area contributed by atoms with Crippen LogP contribution in [0.2, 0.25) is 0 Å². The molecule has 0 aromatic heterocycles. The normalized spacial score (nSPS) is 9.93. The summed E-state index contributed by atoms with van der Waals surface area (Å²) >= 11 is 4.78. The molecule has 78 valence electrons. The second-order valence-corrected chi connectivity index (χ2v) is 3.09. The van der Waals surface area contributed by atoms with Gasteiger partial charge in [0.1, 0.15) is 0 Å². The van der Waals surface area contributed by atoms with Crippen molar-refractivity contribution in [2.24, 2.45) is 5.10 Å². The highest BCUT2D eigenvalue weighted by Gasteiger charge is 1.99. The maximum atomic E-state index is 11.5. The maximum absolute atomic E-state index is 11.5. The highest BCUT2D eigenvalue weighted by atomic mass is 32.1. The molecule has 0 aliphatic heterocycles. The van der Waals surface area contributed by atoms with Gasteiger partial charge >= 0.3 is 0 Å². The monoisotopic (exact) mass is 221 g/mol. The summed E-state index contributed by atoms with van der Waals surface area (Å²) in [7, 11) is 1.67. The third-order valence-corrected chi connectivity index (χ3v) is 1.93. The van der Waals surface area contributed by atoms with Gasteiger partial charge in [0.25, 0.3) is 0 Å². The summed E-state index contributed by atoms with van der Waals surface area (Å²) in [5.74, 6) is -0.165. The van der Waals surface area contributed by atoms with E-state index >= 15 is 0 Å². The molecule has 0 bridgehead atoms. The number of Topliss-reactive ketones (excluding diaryl/α,β-unsaturated/α-hetero) is 1. The van der Waals surface area contributed by atoms with Crippen LogP contribution < -0.4 is 10.7 Å². The van der Waals surface area contributed by atoms with Crippen LogP contribution in [0.4, 0.5) is 0 Å². The second kappa shape index (κ2) is 5.87. The van der Waals surface area contributed by atoms with E-state index in [0.29, 0.717) is 10.7 Å². The van der Waals surface area contributed by atoms with Gasteiger partial charge in [-0.1, -0.05) is 30.3 Å². The predicted octanol–water partition coefficient (Wildman–Crippen LogP) is 0.949. The lowest BCUT2D eigenvalue weighted by atomic mass is 10.1. The fourth-order valence-electron chi connectivity index (χ4n) is 0.882. The van der Waals surface area contributed by atoms with Crippen LogP contribution in [0.5, 0.6) is 0 Å². The molecule has 2 N–H and O–H groups in total. The number of nitrogens with one attached hydrogen (secondary N) is 2. The molecule has 4 nitrogen and oxygen atoms in total. The molecule has 0 aliphatic carbocycles. The lowest BCUT2D eigenvalue weighted by molar-refractivity contribution is 0.107. The van der Waals surface area contributed by atoms with Crippen molar-refractivity contribution in [3.05, 3.63) is 35.9 Å². The Morgan fingerprint density at radius 2 is 2.07 bits per heavy atom. The molecule has 0 saturated carbocycles. The van der Waals surface area contributed by atoms with Crippen LogP contribution in [0.25, 0.3) is 0 Å². The molecular formula is C10H11N3OS. The first-order valence-electron chi connectivity index (χ1n) is 4.34. The average molecular weight is 221 g/mol. The number of carbonyl (C=O) groups is 1.